The van der Waals surface area contributed by atoms with Crippen molar-refractivity contribution in [3.63, 3.8) is 0 Å². The molecule has 0 aliphatic heterocycles. The van der Waals surface area contributed by atoms with Crippen LogP contribution in [0.5, 0.6) is 0 Å². The molecule has 0 atom stereocenters. The van der Waals surface area contributed by atoms with Crippen molar-refractivity contribution in [3.05, 3.63) is 27.5 Å². The molecule has 0 fully saturated rings. The van der Waals surface area contributed by atoms with Crippen molar-refractivity contribution in [1.82, 2.24) is 20.5 Å². The third-order valence-corrected chi connectivity index (χ3v) is 3.94. The van der Waals surface area contributed by atoms with E-state index in [4.69, 9.17) is 5.73 Å². The van der Waals surface area contributed by atoms with E-state index in [1.54, 1.807) is 11.3 Å². The molecule has 0 bridgehead atoms. The number of nitrogen functional groups attached to an aromatic ring is 1. The first-order valence-corrected chi connectivity index (χ1v) is 7.40. The van der Waals surface area contributed by atoms with Crippen LogP contribution in [-0.2, 0) is 6.42 Å². The summed E-state index contributed by atoms with van der Waals surface area (Å²) in [5.74, 6) is -0.0405. The largest absolute Gasteiger partial charge is 0.395 e. The molecule has 0 unspecified atom stereocenters. The molecule has 6 nitrogen and oxygen atoms in total. The predicted octanol–water partition coefficient (Wildman–Crippen LogP) is 1.85. The molecule has 4 N–H and O–H groups in total. The first-order valence-electron chi connectivity index (χ1n) is 6.52. The molecule has 2 heterocycles. The van der Waals surface area contributed by atoms with E-state index >= 15 is 0 Å². The number of H-pyrrole nitrogens is 1. The topological polar surface area (TPSA) is 96.7 Å². The molecule has 0 aliphatic carbocycles. The first-order chi connectivity index (χ1) is 9.49. The van der Waals surface area contributed by atoms with E-state index in [0.29, 0.717) is 18.7 Å². The summed E-state index contributed by atoms with van der Waals surface area (Å²) in [4.78, 5) is 16.4. The van der Waals surface area contributed by atoms with Gasteiger partial charge in [0.15, 0.2) is 5.69 Å². The summed E-state index contributed by atoms with van der Waals surface area (Å²) in [6.07, 6.45) is 0.714. The number of anilines is 1. The second-order valence-electron chi connectivity index (χ2n) is 4.94. The van der Waals surface area contributed by atoms with E-state index < -0.39 is 0 Å². The van der Waals surface area contributed by atoms with Crippen molar-refractivity contribution < 1.29 is 4.79 Å². The number of hydrogen-bond acceptors (Lipinski definition) is 5. The smallest absolute Gasteiger partial charge is 0.273 e. The molecular weight excluding hydrogens is 274 g/mol. The summed E-state index contributed by atoms with van der Waals surface area (Å²) in [6.45, 7) is 6.47. The van der Waals surface area contributed by atoms with Gasteiger partial charge in [-0.05, 0) is 12.8 Å². The summed E-state index contributed by atoms with van der Waals surface area (Å²) in [5, 5.41) is 12.6. The first kappa shape index (κ1) is 14.5. The molecule has 1 amide bonds. The van der Waals surface area contributed by atoms with Crippen LogP contribution < -0.4 is 11.1 Å². The Bertz CT molecular complexity index is 602. The second kappa shape index (κ2) is 6.04. The van der Waals surface area contributed by atoms with Gasteiger partial charge < -0.3 is 11.1 Å². The Morgan fingerprint density at radius 1 is 1.55 bits per heavy atom. The van der Waals surface area contributed by atoms with Crippen molar-refractivity contribution in [3.8, 4) is 0 Å². The van der Waals surface area contributed by atoms with Gasteiger partial charge in [-0.3, -0.25) is 9.89 Å². The molecule has 0 radical (unpaired) electrons. The summed E-state index contributed by atoms with van der Waals surface area (Å²) in [5.41, 5.74) is 8.43. The van der Waals surface area contributed by atoms with Crippen molar-refractivity contribution in [2.75, 3.05) is 12.3 Å². The van der Waals surface area contributed by atoms with Gasteiger partial charge >= 0.3 is 0 Å². The zero-order valence-corrected chi connectivity index (χ0v) is 12.7. The Balaban J connectivity index is 1.92. The van der Waals surface area contributed by atoms with Crippen LogP contribution in [0.4, 0.5) is 5.69 Å². The normalized spacial score (nSPS) is 11.0. The standard InChI is InChI=1S/C13H19N5OS/c1-7(2)11-10(14)12(18-17-11)13(19)15-5-4-9-16-8(3)6-20-9/h6-7H,4-5,14H2,1-3H3,(H,15,19)(H,17,18). The SMILES string of the molecule is Cc1csc(CCNC(=O)c2n[nH]c(C(C)C)c2N)n1. The number of nitrogens with zero attached hydrogens (tertiary/aromatic N) is 2. The highest BCUT2D eigenvalue weighted by Gasteiger charge is 2.18. The minimum Gasteiger partial charge on any atom is -0.395 e. The predicted molar refractivity (Wildman–Crippen MR) is 80.0 cm³/mol. The Kier molecular flexibility index (Phi) is 4.39. The maximum absolute atomic E-state index is 12.0. The van der Waals surface area contributed by atoms with Crippen molar-refractivity contribution >= 4 is 22.9 Å². The average Bonchev–Trinajstić information content (AvgIpc) is 2.95. The monoisotopic (exact) mass is 293 g/mol. The number of carbonyl (C=O) groups is 1. The summed E-state index contributed by atoms with van der Waals surface area (Å²) < 4.78 is 0. The van der Waals surface area contributed by atoms with Crippen LogP contribution in [-0.4, -0.2) is 27.6 Å². The van der Waals surface area contributed by atoms with Gasteiger partial charge in [0.2, 0.25) is 0 Å². The zero-order valence-electron chi connectivity index (χ0n) is 11.9. The highest BCUT2D eigenvalue weighted by atomic mass is 32.1. The lowest BCUT2D eigenvalue weighted by molar-refractivity contribution is 0.0950. The highest BCUT2D eigenvalue weighted by molar-refractivity contribution is 7.09. The zero-order chi connectivity index (χ0) is 14.7. The van der Waals surface area contributed by atoms with Crippen molar-refractivity contribution in [2.45, 2.75) is 33.1 Å². The van der Waals surface area contributed by atoms with Gasteiger partial charge in [0.1, 0.15) is 0 Å². The lowest BCUT2D eigenvalue weighted by Gasteiger charge is -2.04. The fraction of sp³-hybridized carbons (Fsp3) is 0.462. The van der Waals surface area contributed by atoms with Crippen molar-refractivity contribution in [2.24, 2.45) is 0 Å². The number of amides is 1. The molecule has 20 heavy (non-hydrogen) atoms. The Hall–Kier alpha value is -1.89. The number of aromatic amines is 1. The van der Waals surface area contributed by atoms with Crippen LogP contribution in [0.1, 0.15) is 46.6 Å². The van der Waals surface area contributed by atoms with E-state index in [-0.39, 0.29) is 17.5 Å². The number of aryl methyl sites for hydroxylation is 1. The summed E-state index contributed by atoms with van der Waals surface area (Å²) in [6, 6.07) is 0. The maximum atomic E-state index is 12.0. The van der Waals surface area contributed by atoms with Gasteiger partial charge in [-0.2, -0.15) is 5.10 Å². The van der Waals surface area contributed by atoms with Crippen LogP contribution >= 0.6 is 11.3 Å². The van der Waals surface area contributed by atoms with Gasteiger partial charge in [0.05, 0.1) is 16.4 Å². The molecule has 108 valence electrons. The van der Waals surface area contributed by atoms with Gasteiger partial charge in [-0.25, -0.2) is 4.98 Å². The van der Waals surface area contributed by atoms with Gasteiger partial charge in [-0.1, -0.05) is 13.8 Å². The van der Waals surface area contributed by atoms with Crippen LogP contribution in [0.2, 0.25) is 0 Å². The Morgan fingerprint density at radius 3 is 2.85 bits per heavy atom. The number of rotatable bonds is 5. The molecule has 2 aromatic heterocycles. The molecule has 0 aliphatic rings. The van der Waals surface area contributed by atoms with Gasteiger partial charge in [0, 0.05) is 24.0 Å². The molecule has 2 rings (SSSR count). The second-order valence-corrected chi connectivity index (χ2v) is 5.89. The molecule has 0 saturated heterocycles. The number of thiazole rings is 1. The third kappa shape index (κ3) is 3.16. The molecule has 0 saturated carbocycles. The lowest BCUT2D eigenvalue weighted by Crippen LogP contribution is -2.26. The number of nitrogens with one attached hydrogen (secondary N) is 2. The van der Waals surface area contributed by atoms with Crippen LogP contribution in [0.15, 0.2) is 5.38 Å². The van der Waals surface area contributed by atoms with E-state index in [1.165, 1.54) is 0 Å². The van der Waals surface area contributed by atoms with Gasteiger partial charge in [0.25, 0.3) is 5.91 Å². The van der Waals surface area contributed by atoms with E-state index in [0.717, 1.165) is 16.4 Å². The average molecular weight is 293 g/mol. The van der Waals surface area contributed by atoms with E-state index in [9.17, 15) is 4.79 Å². The minimum absolute atomic E-state index is 0.211. The quantitative estimate of drug-likeness (QED) is 0.783. The maximum Gasteiger partial charge on any atom is 0.273 e. The number of nitrogens with two attached hydrogens (primary N) is 1. The van der Waals surface area contributed by atoms with Crippen LogP contribution in [0, 0.1) is 6.92 Å². The number of carbonyl (C=O) groups excluding carboxylic acids is 1. The molecule has 7 heteroatoms. The fourth-order valence-electron chi connectivity index (χ4n) is 1.86. The van der Waals surface area contributed by atoms with E-state index in [1.807, 2.05) is 26.2 Å². The summed E-state index contributed by atoms with van der Waals surface area (Å²) in [7, 11) is 0. The summed E-state index contributed by atoms with van der Waals surface area (Å²) >= 11 is 1.60. The van der Waals surface area contributed by atoms with E-state index in [2.05, 4.69) is 20.5 Å². The third-order valence-electron chi connectivity index (χ3n) is 2.92. The Labute approximate surface area is 121 Å². The molecule has 0 spiro atoms. The molecule has 2 aromatic rings. The molecule has 0 aromatic carbocycles. The Morgan fingerprint density at radius 2 is 2.30 bits per heavy atom. The highest BCUT2D eigenvalue weighted by Crippen LogP contribution is 2.21. The van der Waals surface area contributed by atoms with Crippen LogP contribution in [0.25, 0.3) is 0 Å². The molecular formula is C13H19N5OS. The van der Waals surface area contributed by atoms with Crippen molar-refractivity contribution in [1.29, 1.82) is 0 Å². The lowest BCUT2D eigenvalue weighted by atomic mass is 10.1. The van der Waals surface area contributed by atoms with Crippen LogP contribution in [0.3, 0.4) is 0 Å². The number of hydrogen-bond donors (Lipinski definition) is 3. The number of aromatic nitrogens is 3. The fourth-order valence-corrected chi connectivity index (χ4v) is 2.64. The van der Waals surface area contributed by atoms with Gasteiger partial charge in [-0.15, -0.1) is 11.3 Å². The minimum atomic E-state index is -0.251.